The quantitative estimate of drug-likeness (QED) is 0.638. The van der Waals surface area contributed by atoms with Crippen LogP contribution in [0.1, 0.15) is 26.2 Å². The molecule has 0 aromatic carbocycles. The van der Waals surface area contributed by atoms with Gasteiger partial charge in [-0.2, -0.15) is 5.26 Å². The third-order valence-electron chi connectivity index (χ3n) is 2.37. The maximum Gasteiger partial charge on any atom is 0.211 e. The maximum absolute atomic E-state index is 10.9. The number of unbranched alkanes of at least 4 members (excludes halogenated alkanes) is 1. The zero-order valence-electron chi connectivity index (χ0n) is 8.89. The topological polar surface area (TPSA) is 56.5 Å². The van der Waals surface area contributed by atoms with Crippen molar-refractivity contribution in [3.8, 4) is 6.07 Å². The summed E-state index contributed by atoms with van der Waals surface area (Å²) in [4.78, 5) is 16.7. The second-order valence-corrected chi connectivity index (χ2v) is 3.48. The fourth-order valence-corrected chi connectivity index (χ4v) is 1.45. The molecule has 80 valence electrons. The van der Waals surface area contributed by atoms with Crippen LogP contribution >= 0.6 is 0 Å². The molecule has 1 aliphatic heterocycles. The first-order valence-electron chi connectivity index (χ1n) is 5.15. The molecular formula is C11H15N3O. The van der Waals surface area contributed by atoms with Gasteiger partial charge in [0.15, 0.2) is 0 Å². The van der Waals surface area contributed by atoms with Gasteiger partial charge in [0.05, 0.1) is 6.07 Å². The Kier molecular flexibility index (Phi) is 4.55. The molecule has 1 heterocycles. The SMILES string of the molecule is CCCCN(C=O)C1CC(C#N)=CC=N1. The lowest BCUT2D eigenvalue weighted by Gasteiger charge is -2.26. The molecule has 0 saturated heterocycles. The number of carbonyl (C=O) groups excluding carboxylic acids is 1. The zero-order chi connectivity index (χ0) is 11.1. The van der Waals surface area contributed by atoms with Crippen molar-refractivity contribution in [3.05, 3.63) is 11.6 Å². The Morgan fingerprint density at radius 1 is 1.80 bits per heavy atom. The van der Waals surface area contributed by atoms with E-state index in [2.05, 4.69) is 18.0 Å². The molecule has 0 aliphatic carbocycles. The number of carbonyl (C=O) groups is 1. The Morgan fingerprint density at radius 3 is 3.20 bits per heavy atom. The van der Waals surface area contributed by atoms with Crippen molar-refractivity contribution in [2.24, 2.45) is 4.99 Å². The average molecular weight is 205 g/mol. The summed E-state index contributed by atoms with van der Waals surface area (Å²) in [5, 5.41) is 8.75. The zero-order valence-corrected chi connectivity index (χ0v) is 8.89. The summed E-state index contributed by atoms with van der Waals surface area (Å²) in [6, 6.07) is 2.10. The van der Waals surface area contributed by atoms with Crippen molar-refractivity contribution in [1.82, 2.24) is 4.90 Å². The van der Waals surface area contributed by atoms with Crippen LogP contribution in [-0.4, -0.2) is 30.2 Å². The number of aliphatic imine (C=N–C) groups is 1. The summed E-state index contributed by atoms with van der Waals surface area (Å²) in [5.41, 5.74) is 0.679. The highest BCUT2D eigenvalue weighted by atomic mass is 16.1. The Labute approximate surface area is 89.9 Å². The average Bonchev–Trinajstić information content (AvgIpc) is 2.30. The molecule has 0 fully saturated rings. The van der Waals surface area contributed by atoms with Crippen LogP contribution in [0.5, 0.6) is 0 Å². The lowest BCUT2D eigenvalue weighted by Crippen LogP contribution is -2.34. The first kappa shape index (κ1) is 11.4. The Balaban J connectivity index is 2.56. The fraction of sp³-hybridized carbons (Fsp3) is 0.545. The van der Waals surface area contributed by atoms with Gasteiger partial charge >= 0.3 is 0 Å². The molecule has 0 saturated carbocycles. The van der Waals surface area contributed by atoms with Gasteiger partial charge < -0.3 is 4.90 Å². The van der Waals surface area contributed by atoms with E-state index in [9.17, 15) is 4.79 Å². The highest BCUT2D eigenvalue weighted by Crippen LogP contribution is 2.15. The predicted molar refractivity (Wildman–Crippen MR) is 58.3 cm³/mol. The van der Waals surface area contributed by atoms with Gasteiger partial charge in [0.2, 0.25) is 6.41 Å². The summed E-state index contributed by atoms with van der Waals surface area (Å²) in [6.45, 7) is 2.79. The molecule has 1 rings (SSSR count). The number of nitrogens with zero attached hydrogens (tertiary/aromatic N) is 3. The predicted octanol–water partition coefficient (Wildman–Crippen LogP) is 1.50. The molecule has 0 bridgehead atoms. The van der Waals surface area contributed by atoms with Crippen molar-refractivity contribution in [1.29, 1.82) is 5.26 Å². The number of dihydropyridines is 1. The van der Waals surface area contributed by atoms with E-state index in [1.54, 1.807) is 17.2 Å². The third kappa shape index (κ3) is 3.21. The molecule has 1 aliphatic rings. The van der Waals surface area contributed by atoms with Crippen molar-refractivity contribution in [2.45, 2.75) is 32.4 Å². The van der Waals surface area contributed by atoms with Crippen LogP contribution in [0.4, 0.5) is 0 Å². The van der Waals surface area contributed by atoms with E-state index >= 15 is 0 Å². The van der Waals surface area contributed by atoms with Gasteiger partial charge in [-0.05, 0) is 12.5 Å². The minimum atomic E-state index is -0.186. The molecule has 1 unspecified atom stereocenters. The summed E-state index contributed by atoms with van der Waals surface area (Å²) in [6.07, 6.45) is 6.48. The first-order valence-corrected chi connectivity index (χ1v) is 5.15. The van der Waals surface area contributed by atoms with Gasteiger partial charge in [0.1, 0.15) is 6.17 Å². The second-order valence-electron chi connectivity index (χ2n) is 3.48. The lowest BCUT2D eigenvalue weighted by molar-refractivity contribution is -0.120. The molecule has 15 heavy (non-hydrogen) atoms. The highest BCUT2D eigenvalue weighted by Gasteiger charge is 2.18. The van der Waals surface area contributed by atoms with Crippen LogP contribution in [0, 0.1) is 11.3 Å². The monoisotopic (exact) mass is 205 g/mol. The van der Waals surface area contributed by atoms with E-state index in [1.165, 1.54) is 0 Å². The van der Waals surface area contributed by atoms with Gasteiger partial charge in [-0.15, -0.1) is 0 Å². The second kappa shape index (κ2) is 5.97. The summed E-state index contributed by atoms with van der Waals surface area (Å²) >= 11 is 0. The Morgan fingerprint density at radius 2 is 2.60 bits per heavy atom. The number of allylic oxidation sites excluding steroid dienone is 1. The van der Waals surface area contributed by atoms with Crippen LogP contribution in [-0.2, 0) is 4.79 Å². The van der Waals surface area contributed by atoms with Crippen LogP contribution in [0.25, 0.3) is 0 Å². The molecule has 4 nitrogen and oxygen atoms in total. The Bertz CT molecular complexity index is 314. The minimum absolute atomic E-state index is 0.186. The molecule has 0 radical (unpaired) electrons. The third-order valence-corrected chi connectivity index (χ3v) is 2.37. The van der Waals surface area contributed by atoms with Crippen LogP contribution in [0.3, 0.4) is 0 Å². The summed E-state index contributed by atoms with van der Waals surface area (Å²) < 4.78 is 0. The smallest absolute Gasteiger partial charge is 0.211 e. The number of hydrogen-bond acceptors (Lipinski definition) is 3. The van der Waals surface area contributed by atoms with Crippen LogP contribution < -0.4 is 0 Å². The molecule has 0 aromatic rings. The summed E-state index contributed by atoms with van der Waals surface area (Å²) in [5.74, 6) is 0. The molecule has 1 amide bonds. The minimum Gasteiger partial charge on any atom is -0.323 e. The van der Waals surface area contributed by atoms with Crippen molar-refractivity contribution in [3.63, 3.8) is 0 Å². The van der Waals surface area contributed by atoms with Crippen molar-refractivity contribution < 1.29 is 4.79 Å². The van der Waals surface area contributed by atoms with Crippen molar-refractivity contribution in [2.75, 3.05) is 6.54 Å². The van der Waals surface area contributed by atoms with E-state index in [-0.39, 0.29) is 6.17 Å². The van der Waals surface area contributed by atoms with Gasteiger partial charge in [-0.25, -0.2) is 0 Å². The number of hydrogen-bond donors (Lipinski definition) is 0. The molecule has 0 aromatic heterocycles. The molecule has 0 N–H and O–H groups in total. The van der Waals surface area contributed by atoms with Crippen LogP contribution in [0.2, 0.25) is 0 Å². The van der Waals surface area contributed by atoms with Crippen LogP contribution in [0.15, 0.2) is 16.6 Å². The maximum atomic E-state index is 10.9. The molecular weight excluding hydrogens is 190 g/mol. The van der Waals surface area contributed by atoms with Crippen molar-refractivity contribution >= 4 is 12.6 Å². The van der Waals surface area contributed by atoms with E-state index in [0.717, 1.165) is 19.3 Å². The standard InChI is InChI=1S/C11H15N3O/c1-2-3-6-14(9-15)11-7-10(8-12)4-5-13-11/h4-5,9,11H,2-3,6-7H2,1H3. The molecule has 1 atom stereocenters. The molecule has 4 heteroatoms. The fourth-order valence-electron chi connectivity index (χ4n) is 1.45. The van der Waals surface area contributed by atoms with Gasteiger partial charge in [-0.1, -0.05) is 13.3 Å². The van der Waals surface area contributed by atoms with E-state index in [1.807, 2.05) is 0 Å². The van der Waals surface area contributed by atoms with Gasteiger partial charge in [-0.3, -0.25) is 9.79 Å². The Hall–Kier alpha value is -1.63. The first-order chi connectivity index (χ1) is 7.31. The number of nitriles is 1. The van der Waals surface area contributed by atoms with Gasteiger partial charge in [0.25, 0.3) is 0 Å². The largest absolute Gasteiger partial charge is 0.323 e. The normalized spacial score (nSPS) is 19.2. The molecule has 0 spiro atoms. The van der Waals surface area contributed by atoms with E-state index < -0.39 is 0 Å². The number of amides is 1. The number of rotatable bonds is 5. The van der Waals surface area contributed by atoms with E-state index in [4.69, 9.17) is 5.26 Å². The highest BCUT2D eigenvalue weighted by molar-refractivity contribution is 5.75. The summed E-state index contributed by atoms with van der Waals surface area (Å²) in [7, 11) is 0. The van der Waals surface area contributed by atoms with Gasteiger partial charge in [0, 0.05) is 24.8 Å². The lowest BCUT2D eigenvalue weighted by atomic mass is 10.1. The van der Waals surface area contributed by atoms with E-state index in [0.29, 0.717) is 18.5 Å².